The fourth-order valence-electron chi connectivity index (χ4n) is 3.39. The van der Waals surface area contributed by atoms with Crippen LogP contribution in [0.25, 0.3) is 0 Å². The van der Waals surface area contributed by atoms with Crippen LogP contribution < -0.4 is 4.90 Å². The molecule has 2 aromatic rings. The van der Waals surface area contributed by atoms with Gasteiger partial charge in [-0.15, -0.1) is 0 Å². The van der Waals surface area contributed by atoms with Crippen molar-refractivity contribution in [1.29, 1.82) is 0 Å². The van der Waals surface area contributed by atoms with Gasteiger partial charge in [0.1, 0.15) is 0 Å². The Morgan fingerprint density at radius 2 is 1.67 bits per heavy atom. The molecule has 1 aliphatic heterocycles. The van der Waals surface area contributed by atoms with Crippen LogP contribution in [-0.2, 0) is 12.0 Å². The van der Waals surface area contributed by atoms with Crippen LogP contribution in [0.3, 0.4) is 0 Å². The summed E-state index contributed by atoms with van der Waals surface area (Å²) in [6.45, 7) is 13.4. The fourth-order valence-corrected chi connectivity index (χ4v) is 3.39. The molecule has 1 aliphatic rings. The molecule has 2 nitrogen and oxygen atoms in total. The van der Waals surface area contributed by atoms with E-state index in [4.69, 9.17) is 0 Å². The molecular formula is C19H26N2. The van der Waals surface area contributed by atoms with Crippen molar-refractivity contribution in [1.82, 2.24) is 4.57 Å². The van der Waals surface area contributed by atoms with Gasteiger partial charge in [0.25, 0.3) is 0 Å². The molecule has 0 spiro atoms. The first-order chi connectivity index (χ1) is 9.86. The van der Waals surface area contributed by atoms with Gasteiger partial charge in [-0.05, 0) is 49.1 Å². The number of fused-ring (bicyclic) bond motifs is 1. The minimum atomic E-state index is 0.222. The summed E-state index contributed by atoms with van der Waals surface area (Å²) in [6.07, 6.45) is 0. The van der Waals surface area contributed by atoms with Gasteiger partial charge < -0.3 is 9.47 Å². The van der Waals surface area contributed by atoms with E-state index in [0.717, 1.165) is 13.1 Å². The number of anilines is 1. The van der Waals surface area contributed by atoms with Crippen molar-refractivity contribution in [2.75, 3.05) is 11.4 Å². The van der Waals surface area contributed by atoms with Gasteiger partial charge in [0.2, 0.25) is 0 Å². The highest BCUT2D eigenvalue weighted by Crippen LogP contribution is 2.30. The Morgan fingerprint density at radius 1 is 1.00 bits per heavy atom. The first kappa shape index (κ1) is 14.2. The van der Waals surface area contributed by atoms with Crippen molar-refractivity contribution in [3.05, 3.63) is 53.3 Å². The van der Waals surface area contributed by atoms with Gasteiger partial charge in [-0.3, -0.25) is 0 Å². The molecule has 0 bridgehead atoms. The summed E-state index contributed by atoms with van der Waals surface area (Å²) >= 11 is 0. The molecular weight excluding hydrogens is 256 g/mol. The monoisotopic (exact) mass is 282 g/mol. The minimum Gasteiger partial charge on any atom is -0.364 e. The van der Waals surface area contributed by atoms with Crippen molar-refractivity contribution < 1.29 is 0 Å². The summed E-state index contributed by atoms with van der Waals surface area (Å²) in [5, 5.41) is 0. The summed E-state index contributed by atoms with van der Waals surface area (Å²) in [7, 11) is 0. The standard InChI is InChI=1S/C19H26N2/c1-14-6-9-18-13-20(12-15(2)21(14)18)17-10-7-16(8-11-17)19(3,4)5/h6-11,15H,12-13H2,1-5H3. The largest absolute Gasteiger partial charge is 0.364 e. The molecule has 0 aliphatic carbocycles. The summed E-state index contributed by atoms with van der Waals surface area (Å²) in [6, 6.07) is 14.1. The number of hydrogen-bond acceptors (Lipinski definition) is 1. The average molecular weight is 282 g/mol. The van der Waals surface area contributed by atoms with Crippen LogP contribution in [-0.4, -0.2) is 11.1 Å². The number of aromatic nitrogens is 1. The van der Waals surface area contributed by atoms with Gasteiger partial charge in [0, 0.05) is 29.7 Å². The highest BCUT2D eigenvalue weighted by atomic mass is 15.2. The molecule has 1 atom stereocenters. The number of rotatable bonds is 1. The maximum atomic E-state index is 2.49. The van der Waals surface area contributed by atoms with Crippen molar-refractivity contribution in [3.63, 3.8) is 0 Å². The second kappa shape index (κ2) is 4.94. The Balaban J connectivity index is 1.86. The SMILES string of the molecule is Cc1ccc2n1C(C)CN(c1ccc(C(C)(C)C)cc1)C2. The van der Waals surface area contributed by atoms with Gasteiger partial charge in [-0.25, -0.2) is 0 Å². The molecule has 0 fully saturated rings. The second-order valence-corrected chi connectivity index (χ2v) is 7.36. The Kier molecular flexibility index (Phi) is 3.35. The van der Waals surface area contributed by atoms with E-state index in [1.807, 2.05) is 0 Å². The van der Waals surface area contributed by atoms with Crippen molar-refractivity contribution in [3.8, 4) is 0 Å². The molecule has 112 valence electrons. The van der Waals surface area contributed by atoms with E-state index < -0.39 is 0 Å². The number of aryl methyl sites for hydroxylation is 1. The van der Waals surface area contributed by atoms with Crippen LogP contribution in [0.15, 0.2) is 36.4 Å². The van der Waals surface area contributed by atoms with Crippen LogP contribution in [0.4, 0.5) is 5.69 Å². The smallest absolute Gasteiger partial charge is 0.0583 e. The second-order valence-electron chi connectivity index (χ2n) is 7.36. The van der Waals surface area contributed by atoms with Crippen LogP contribution >= 0.6 is 0 Å². The highest BCUT2D eigenvalue weighted by molar-refractivity contribution is 5.50. The third kappa shape index (κ3) is 2.59. The van der Waals surface area contributed by atoms with E-state index in [0.29, 0.717) is 6.04 Å². The topological polar surface area (TPSA) is 8.17 Å². The Labute approximate surface area is 128 Å². The summed E-state index contributed by atoms with van der Waals surface area (Å²) in [4.78, 5) is 2.49. The van der Waals surface area contributed by atoms with Crippen LogP contribution in [0.5, 0.6) is 0 Å². The van der Waals surface area contributed by atoms with E-state index in [9.17, 15) is 0 Å². The maximum Gasteiger partial charge on any atom is 0.0583 e. The predicted molar refractivity (Wildman–Crippen MR) is 90.1 cm³/mol. The first-order valence-corrected chi connectivity index (χ1v) is 7.88. The third-order valence-electron chi connectivity index (χ3n) is 4.58. The van der Waals surface area contributed by atoms with E-state index >= 15 is 0 Å². The molecule has 21 heavy (non-hydrogen) atoms. The van der Waals surface area contributed by atoms with Crippen LogP contribution in [0.1, 0.15) is 50.7 Å². The fraction of sp³-hybridized carbons (Fsp3) is 0.474. The molecule has 1 unspecified atom stereocenters. The molecule has 2 heteroatoms. The highest BCUT2D eigenvalue weighted by Gasteiger charge is 2.23. The van der Waals surface area contributed by atoms with E-state index in [-0.39, 0.29) is 5.41 Å². The quantitative estimate of drug-likeness (QED) is 0.737. The number of nitrogens with zero attached hydrogens (tertiary/aromatic N) is 2. The molecule has 0 saturated carbocycles. The van der Waals surface area contributed by atoms with Crippen molar-refractivity contribution in [2.45, 2.75) is 52.6 Å². The first-order valence-electron chi connectivity index (χ1n) is 7.88. The lowest BCUT2D eigenvalue weighted by Gasteiger charge is -2.36. The van der Waals surface area contributed by atoms with Crippen molar-refractivity contribution in [2.24, 2.45) is 0 Å². The maximum absolute atomic E-state index is 2.49. The van der Waals surface area contributed by atoms with Gasteiger partial charge >= 0.3 is 0 Å². The molecule has 0 amide bonds. The molecule has 0 N–H and O–H groups in total. The van der Waals surface area contributed by atoms with Gasteiger partial charge in [0.05, 0.1) is 6.54 Å². The minimum absolute atomic E-state index is 0.222. The van der Waals surface area contributed by atoms with E-state index in [1.165, 1.54) is 22.6 Å². The molecule has 2 heterocycles. The normalized spacial score (nSPS) is 18.7. The van der Waals surface area contributed by atoms with Crippen molar-refractivity contribution >= 4 is 5.69 Å². The van der Waals surface area contributed by atoms with E-state index in [1.54, 1.807) is 0 Å². The Bertz CT molecular complexity index is 629. The zero-order chi connectivity index (χ0) is 15.2. The lowest BCUT2D eigenvalue weighted by atomic mass is 9.87. The zero-order valence-electron chi connectivity index (χ0n) is 13.9. The molecule has 0 radical (unpaired) electrons. The third-order valence-corrected chi connectivity index (χ3v) is 4.58. The lowest BCUT2D eigenvalue weighted by Crippen LogP contribution is -2.36. The number of hydrogen-bond donors (Lipinski definition) is 0. The molecule has 1 aromatic carbocycles. The van der Waals surface area contributed by atoms with Gasteiger partial charge in [-0.1, -0.05) is 32.9 Å². The Hall–Kier alpha value is -1.70. The summed E-state index contributed by atoms with van der Waals surface area (Å²) in [5.74, 6) is 0. The van der Waals surface area contributed by atoms with Gasteiger partial charge in [-0.2, -0.15) is 0 Å². The number of benzene rings is 1. The molecule has 1 aromatic heterocycles. The lowest BCUT2D eigenvalue weighted by molar-refractivity contribution is 0.463. The molecule has 0 saturated heterocycles. The summed E-state index contributed by atoms with van der Waals surface area (Å²) in [5.41, 5.74) is 5.75. The average Bonchev–Trinajstić information content (AvgIpc) is 2.80. The molecule has 3 rings (SSSR count). The van der Waals surface area contributed by atoms with E-state index in [2.05, 4.69) is 80.5 Å². The van der Waals surface area contributed by atoms with Gasteiger partial charge in [0.15, 0.2) is 0 Å². The van der Waals surface area contributed by atoms with Crippen LogP contribution in [0.2, 0.25) is 0 Å². The Morgan fingerprint density at radius 3 is 2.29 bits per heavy atom. The zero-order valence-corrected chi connectivity index (χ0v) is 13.9. The van der Waals surface area contributed by atoms with Crippen LogP contribution in [0, 0.1) is 6.92 Å². The predicted octanol–water partition coefficient (Wildman–Crippen LogP) is 4.68. The summed E-state index contributed by atoms with van der Waals surface area (Å²) < 4.78 is 2.47.